The van der Waals surface area contributed by atoms with Crippen LogP contribution in [-0.2, 0) is 0 Å². The lowest BCUT2D eigenvalue weighted by Gasteiger charge is -2.06. The van der Waals surface area contributed by atoms with E-state index in [-0.39, 0.29) is 10.6 Å². The van der Waals surface area contributed by atoms with Crippen molar-refractivity contribution in [3.8, 4) is 0 Å². The lowest BCUT2D eigenvalue weighted by molar-refractivity contribution is -0.385. The summed E-state index contributed by atoms with van der Waals surface area (Å²) < 4.78 is 0. The Morgan fingerprint density at radius 2 is 1.85 bits per heavy atom. The van der Waals surface area contributed by atoms with Gasteiger partial charge in [0.15, 0.2) is 0 Å². The van der Waals surface area contributed by atoms with Gasteiger partial charge in [-0.2, -0.15) is 0 Å². The zero-order valence-electron chi connectivity index (χ0n) is 7.72. The summed E-state index contributed by atoms with van der Waals surface area (Å²) >= 11 is 5.94. The molecule has 3 nitrogen and oxygen atoms in total. The third-order valence-electron chi connectivity index (χ3n) is 2.17. The maximum Gasteiger partial charge on any atom is 0.272 e. The number of halogens is 1. The summed E-state index contributed by atoms with van der Waals surface area (Å²) in [4.78, 5) is 10.2. The summed E-state index contributed by atoms with van der Waals surface area (Å²) in [6.07, 6.45) is 0. The van der Waals surface area contributed by atoms with Crippen molar-refractivity contribution in [2.75, 3.05) is 0 Å². The highest BCUT2D eigenvalue weighted by molar-refractivity contribution is 6.32. The van der Waals surface area contributed by atoms with Crippen LogP contribution in [0.25, 0.3) is 0 Å². The number of nitro groups is 1. The summed E-state index contributed by atoms with van der Waals surface area (Å²) in [6, 6.07) is 1.50. The number of nitrogens with zero attached hydrogens (tertiary/aromatic N) is 1. The Balaban J connectivity index is 3.50. The van der Waals surface area contributed by atoms with E-state index in [0.717, 1.165) is 11.1 Å². The quantitative estimate of drug-likeness (QED) is 0.515. The molecule has 0 heterocycles. The van der Waals surface area contributed by atoms with E-state index in [1.54, 1.807) is 20.8 Å². The van der Waals surface area contributed by atoms with Crippen LogP contribution in [0.3, 0.4) is 0 Å². The highest BCUT2D eigenvalue weighted by Gasteiger charge is 2.15. The fraction of sp³-hybridized carbons (Fsp3) is 0.333. The van der Waals surface area contributed by atoms with Crippen LogP contribution < -0.4 is 0 Å². The van der Waals surface area contributed by atoms with Crippen LogP contribution in [0.1, 0.15) is 16.7 Å². The molecule has 0 aliphatic rings. The topological polar surface area (TPSA) is 43.1 Å². The zero-order valence-corrected chi connectivity index (χ0v) is 8.47. The molecule has 1 aromatic carbocycles. The molecular weight excluding hydrogens is 190 g/mol. The van der Waals surface area contributed by atoms with E-state index in [0.29, 0.717) is 10.6 Å². The van der Waals surface area contributed by atoms with E-state index in [4.69, 9.17) is 11.6 Å². The molecule has 0 atom stereocenters. The molecule has 0 aliphatic carbocycles. The van der Waals surface area contributed by atoms with Crippen molar-refractivity contribution in [2.45, 2.75) is 20.8 Å². The van der Waals surface area contributed by atoms with Crippen molar-refractivity contribution in [3.63, 3.8) is 0 Å². The van der Waals surface area contributed by atoms with Gasteiger partial charge in [-0.25, -0.2) is 0 Å². The minimum atomic E-state index is -0.383. The Kier molecular flexibility index (Phi) is 2.57. The Morgan fingerprint density at radius 1 is 1.31 bits per heavy atom. The van der Waals surface area contributed by atoms with Crippen molar-refractivity contribution in [3.05, 3.63) is 37.9 Å². The van der Waals surface area contributed by atoms with Gasteiger partial charge in [-0.05, 0) is 31.9 Å². The van der Waals surface area contributed by atoms with Gasteiger partial charge in [0.1, 0.15) is 0 Å². The highest BCUT2D eigenvalue weighted by Crippen LogP contribution is 2.30. The number of aryl methyl sites for hydroxylation is 1. The monoisotopic (exact) mass is 199 g/mol. The molecule has 0 spiro atoms. The number of hydrogen-bond donors (Lipinski definition) is 0. The second kappa shape index (κ2) is 3.34. The van der Waals surface area contributed by atoms with Gasteiger partial charge in [-0.3, -0.25) is 10.1 Å². The van der Waals surface area contributed by atoms with Crippen LogP contribution in [0.15, 0.2) is 6.07 Å². The molecule has 0 aliphatic heterocycles. The van der Waals surface area contributed by atoms with Crippen LogP contribution in [0.2, 0.25) is 5.02 Å². The van der Waals surface area contributed by atoms with Gasteiger partial charge in [-0.1, -0.05) is 11.6 Å². The summed E-state index contributed by atoms with van der Waals surface area (Å²) in [7, 11) is 0. The lowest BCUT2D eigenvalue weighted by Crippen LogP contribution is -1.96. The molecule has 0 fully saturated rings. The molecule has 4 heteroatoms. The van der Waals surface area contributed by atoms with Crippen molar-refractivity contribution >= 4 is 17.3 Å². The standard InChI is InChI=1S/C9H10ClNO2/c1-5-4-8(11(12)13)6(2)7(3)9(5)10/h4H,1-3H3. The molecule has 1 rings (SSSR count). The molecule has 0 bridgehead atoms. The number of nitro benzene ring substituents is 1. The lowest BCUT2D eigenvalue weighted by atomic mass is 10.0. The minimum absolute atomic E-state index is 0.138. The Hall–Kier alpha value is -1.09. The van der Waals surface area contributed by atoms with Crippen LogP contribution in [0.4, 0.5) is 5.69 Å². The average Bonchev–Trinajstić information content (AvgIpc) is 2.07. The Labute approximate surface area is 81.5 Å². The van der Waals surface area contributed by atoms with E-state index in [1.165, 1.54) is 6.07 Å². The normalized spacial score (nSPS) is 10.2. The molecule has 0 saturated carbocycles. The Bertz CT molecular complexity index is 374. The third kappa shape index (κ3) is 1.65. The van der Waals surface area contributed by atoms with E-state index in [2.05, 4.69) is 0 Å². The summed E-state index contributed by atoms with van der Waals surface area (Å²) in [6.45, 7) is 5.26. The first-order chi connectivity index (χ1) is 5.95. The highest BCUT2D eigenvalue weighted by atomic mass is 35.5. The SMILES string of the molecule is Cc1cc([N+](=O)[O-])c(C)c(C)c1Cl. The first-order valence-electron chi connectivity index (χ1n) is 3.86. The Morgan fingerprint density at radius 3 is 2.31 bits per heavy atom. The molecule has 0 saturated heterocycles. The number of benzene rings is 1. The van der Waals surface area contributed by atoms with Gasteiger partial charge in [0.25, 0.3) is 5.69 Å². The maximum absolute atomic E-state index is 10.6. The molecule has 0 aromatic heterocycles. The fourth-order valence-electron chi connectivity index (χ4n) is 1.22. The molecule has 13 heavy (non-hydrogen) atoms. The van der Waals surface area contributed by atoms with E-state index >= 15 is 0 Å². The van der Waals surface area contributed by atoms with Crippen LogP contribution in [0, 0.1) is 30.9 Å². The number of hydrogen-bond acceptors (Lipinski definition) is 2. The van der Waals surface area contributed by atoms with E-state index in [1.807, 2.05) is 0 Å². The van der Waals surface area contributed by atoms with E-state index < -0.39 is 0 Å². The molecule has 0 amide bonds. The van der Waals surface area contributed by atoms with Gasteiger partial charge in [0.05, 0.1) is 4.92 Å². The minimum Gasteiger partial charge on any atom is -0.258 e. The molecule has 1 aromatic rings. The second-order valence-corrected chi connectivity index (χ2v) is 3.41. The molecule has 0 N–H and O–H groups in total. The van der Waals surface area contributed by atoms with Crippen molar-refractivity contribution in [1.29, 1.82) is 0 Å². The van der Waals surface area contributed by atoms with Crippen LogP contribution in [0.5, 0.6) is 0 Å². The molecule has 70 valence electrons. The van der Waals surface area contributed by atoms with Gasteiger partial charge in [0, 0.05) is 16.7 Å². The van der Waals surface area contributed by atoms with E-state index in [9.17, 15) is 10.1 Å². The largest absolute Gasteiger partial charge is 0.272 e. The predicted molar refractivity (Wildman–Crippen MR) is 52.3 cm³/mol. The van der Waals surface area contributed by atoms with Crippen LogP contribution >= 0.6 is 11.6 Å². The number of rotatable bonds is 1. The predicted octanol–water partition coefficient (Wildman–Crippen LogP) is 3.17. The summed E-state index contributed by atoms with van der Waals surface area (Å²) in [5, 5.41) is 11.2. The second-order valence-electron chi connectivity index (χ2n) is 3.03. The molecule has 0 radical (unpaired) electrons. The average molecular weight is 200 g/mol. The van der Waals surface area contributed by atoms with Gasteiger partial charge in [0.2, 0.25) is 0 Å². The van der Waals surface area contributed by atoms with Crippen LogP contribution in [-0.4, -0.2) is 4.92 Å². The first kappa shape index (κ1) is 9.99. The van der Waals surface area contributed by atoms with Gasteiger partial charge in [-0.15, -0.1) is 0 Å². The van der Waals surface area contributed by atoms with Crippen molar-refractivity contribution in [1.82, 2.24) is 0 Å². The zero-order chi connectivity index (χ0) is 10.2. The molecule has 0 unspecified atom stereocenters. The van der Waals surface area contributed by atoms with Crippen molar-refractivity contribution in [2.24, 2.45) is 0 Å². The maximum atomic E-state index is 10.6. The first-order valence-corrected chi connectivity index (χ1v) is 4.23. The molecular formula is C9H10ClNO2. The van der Waals surface area contributed by atoms with Gasteiger partial charge < -0.3 is 0 Å². The fourth-order valence-corrected chi connectivity index (χ4v) is 1.42. The smallest absolute Gasteiger partial charge is 0.258 e. The summed E-state index contributed by atoms with van der Waals surface area (Å²) in [5.41, 5.74) is 2.31. The third-order valence-corrected chi connectivity index (χ3v) is 2.75. The van der Waals surface area contributed by atoms with Crippen molar-refractivity contribution < 1.29 is 4.92 Å². The summed E-state index contributed by atoms with van der Waals surface area (Å²) in [5.74, 6) is 0. The van der Waals surface area contributed by atoms with Gasteiger partial charge >= 0.3 is 0 Å².